The molecule has 0 radical (unpaired) electrons. The van der Waals surface area contributed by atoms with E-state index in [9.17, 15) is 9.59 Å². The highest BCUT2D eigenvalue weighted by molar-refractivity contribution is 7.11. The number of aryl methyl sites for hydroxylation is 1. The van der Waals surface area contributed by atoms with Crippen LogP contribution in [0.5, 0.6) is 0 Å². The van der Waals surface area contributed by atoms with Crippen molar-refractivity contribution in [3.05, 3.63) is 21.9 Å². The largest absolute Gasteiger partial charge is 0.351 e. The van der Waals surface area contributed by atoms with Gasteiger partial charge in [-0.1, -0.05) is 20.8 Å². The summed E-state index contributed by atoms with van der Waals surface area (Å²) in [6.07, 6.45) is 3.68. The van der Waals surface area contributed by atoms with E-state index in [1.54, 1.807) is 11.3 Å². The molecule has 1 N–H and O–H groups in total. The first kappa shape index (κ1) is 18.0. The van der Waals surface area contributed by atoms with Crippen molar-refractivity contribution in [3.63, 3.8) is 0 Å². The van der Waals surface area contributed by atoms with Crippen LogP contribution in [0.1, 0.15) is 49.8 Å². The van der Waals surface area contributed by atoms with E-state index < -0.39 is 0 Å². The molecule has 23 heavy (non-hydrogen) atoms. The standard InChI is InChI=1S/C18H28N2O2S/c1-4-13(3)18(22)20-10-6-7-14(12-20)17(21)19-11-16-9-8-15(5-2)23-16/h8-9,13-14H,4-7,10-12H2,1-3H3,(H,19,21)/t13-,14+/m1/s1. The molecule has 1 aliphatic rings. The lowest BCUT2D eigenvalue weighted by atomic mass is 9.95. The van der Waals surface area contributed by atoms with Crippen molar-refractivity contribution in [2.45, 2.75) is 53.0 Å². The van der Waals surface area contributed by atoms with E-state index in [4.69, 9.17) is 0 Å². The van der Waals surface area contributed by atoms with E-state index in [1.807, 2.05) is 18.7 Å². The minimum Gasteiger partial charge on any atom is -0.351 e. The minimum atomic E-state index is -0.0673. The third-order valence-electron chi connectivity index (χ3n) is 4.64. The van der Waals surface area contributed by atoms with E-state index in [0.29, 0.717) is 13.1 Å². The third-order valence-corrected chi connectivity index (χ3v) is 5.87. The monoisotopic (exact) mass is 336 g/mol. The molecule has 0 spiro atoms. The maximum atomic E-state index is 12.4. The summed E-state index contributed by atoms with van der Waals surface area (Å²) in [6, 6.07) is 4.21. The van der Waals surface area contributed by atoms with E-state index in [1.165, 1.54) is 9.75 Å². The van der Waals surface area contributed by atoms with E-state index in [2.05, 4.69) is 24.4 Å². The highest BCUT2D eigenvalue weighted by Crippen LogP contribution is 2.20. The minimum absolute atomic E-state index is 0.0513. The molecule has 0 aromatic carbocycles. The second-order valence-electron chi connectivity index (χ2n) is 6.37. The van der Waals surface area contributed by atoms with Gasteiger partial charge in [-0.15, -0.1) is 11.3 Å². The number of carbonyl (C=O) groups is 2. The van der Waals surface area contributed by atoms with Gasteiger partial charge in [0.2, 0.25) is 11.8 Å². The van der Waals surface area contributed by atoms with Crippen molar-refractivity contribution >= 4 is 23.2 Å². The van der Waals surface area contributed by atoms with Gasteiger partial charge >= 0.3 is 0 Å². The first-order chi connectivity index (χ1) is 11.0. The molecule has 2 atom stereocenters. The van der Waals surface area contributed by atoms with Crippen LogP contribution in [0.25, 0.3) is 0 Å². The number of piperidine rings is 1. The molecule has 0 aliphatic carbocycles. The van der Waals surface area contributed by atoms with E-state index >= 15 is 0 Å². The Hall–Kier alpha value is -1.36. The van der Waals surface area contributed by atoms with Gasteiger partial charge in [-0.3, -0.25) is 9.59 Å². The van der Waals surface area contributed by atoms with Crippen LogP contribution in [-0.4, -0.2) is 29.8 Å². The smallest absolute Gasteiger partial charge is 0.225 e. The zero-order valence-electron chi connectivity index (χ0n) is 14.4. The van der Waals surface area contributed by atoms with Crippen LogP contribution >= 0.6 is 11.3 Å². The van der Waals surface area contributed by atoms with Crippen LogP contribution in [0.4, 0.5) is 0 Å². The highest BCUT2D eigenvalue weighted by Gasteiger charge is 2.29. The van der Waals surface area contributed by atoms with Gasteiger partial charge in [-0.05, 0) is 37.8 Å². The molecule has 2 amide bonds. The van der Waals surface area contributed by atoms with Gasteiger partial charge in [0.25, 0.3) is 0 Å². The maximum Gasteiger partial charge on any atom is 0.225 e. The summed E-state index contributed by atoms with van der Waals surface area (Å²) in [4.78, 5) is 29.1. The molecular formula is C18H28N2O2S. The molecular weight excluding hydrogens is 308 g/mol. The fraction of sp³-hybridized carbons (Fsp3) is 0.667. The lowest BCUT2D eigenvalue weighted by Crippen LogP contribution is -2.46. The van der Waals surface area contributed by atoms with Gasteiger partial charge in [0.15, 0.2) is 0 Å². The van der Waals surface area contributed by atoms with Crippen molar-refractivity contribution in [3.8, 4) is 0 Å². The first-order valence-corrected chi connectivity index (χ1v) is 9.50. The molecule has 128 valence electrons. The molecule has 2 rings (SSSR count). The van der Waals surface area contributed by atoms with Crippen molar-refractivity contribution in [1.82, 2.24) is 10.2 Å². The number of nitrogens with zero attached hydrogens (tertiary/aromatic N) is 1. The number of hydrogen-bond donors (Lipinski definition) is 1. The van der Waals surface area contributed by atoms with Crippen molar-refractivity contribution < 1.29 is 9.59 Å². The molecule has 1 aromatic rings. The van der Waals surface area contributed by atoms with Crippen LogP contribution < -0.4 is 5.32 Å². The van der Waals surface area contributed by atoms with Crippen molar-refractivity contribution in [2.75, 3.05) is 13.1 Å². The van der Waals surface area contributed by atoms with Crippen LogP contribution in [0.15, 0.2) is 12.1 Å². The molecule has 0 saturated carbocycles. The summed E-state index contributed by atoms with van der Waals surface area (Å²) in [5.41, 5.74) is 0. The fourth-order valence-electron chi connectivity index (χ4n) is 2.90. The number of hydrogen-bond acceptors (Lipinski definition) is 3. The number of rotatable bonds is 6. The summed E-state index contributed by atoms with van der Waals surface area (Å²) in [6.45, 7) is 8.09. The first-order valence-electron chi connectivity index (χ1n) is 8.69. The Balaban J connectivity index is 1.85. The number of nitrogens with one attached hydrogen (secondary N) is 1. The van der Waals surface area contributed by atoms with Crippen LogP contribution in [0.2, 0.25) is 0 Å². The van der Waals surface area contributed by atoms with Crippen LogP contribution in [0, 0.1) is 11.8 Å². The van der Waals surface area contributed by atoms with Crippen LogP contribution in [0.3, 0.4) is 0 Å². The summed E-state index contributed by atoms with van der Waals surface area (Å²) >= 11 is 1.75. The quantitative estimate of drug-likeness (QED) is 0.867. The Morgan fingerprint density at radius 3 is 2.74 bits per heavy atom. The van der Waals surface area contributed by atoms with Gasteiger partial charge in [0.05, 0.1) is 12.5 Å². The number of likely N-dealkylation sites (tertiary alicyclic amines) is 1. The lowest BCUT2D eigenvalue weighted by Gasteiger charge is -2.33. The topological polar surface area (TPSA) is 49.4 Å². The Bertz CT molecular complexity index is 541. The average molecular weight is 337 g/mol. The predicted octanol–water partition coefficient (Wildman–Crippen LogP) is 3.21. The Morgan fingerprint density at radius 1 is 1.35 bits per heavy atom. The molecule has 2 heterocycles. The average Bonchev–Trinajstić information content (AvgIpc) is 3.06. The predicted molar refractivity (Wildman–Crippen MR) is 94.3 cm³/mol. The third kappa shape index (κ3) is 4.80. The molecule has 1 aliphatic heterocycles. The molecule has 1 aromatic heterocycles. The summed E-state index contributed by atoms with van der Waals surface area (Å²) < 4.78 is 0. The highest BCUT2D eigenvalue weighted by atomic mass is 32.1. The summed E-state index contributed by atoms with van der Waals surface area (Å²) in [7, 11) is 0. The van der Waals surface area contributed by atoms with Gasteiger partial charge in [0.1, 0.15) is 0 Å². The number of amides is 2. The maximum absolute atomic E-state index is 12.4. The molecule has 0 bridgehead atoms. The second kappa shape index (κ2) is 8.48. The van der Waals surface area contributed by atoms with Gasteiger partial charge < -0.3 is 10.2 Å². The van der Waals surface area contributed by atoms with Crippen molar-refractivity contribution in [2.24, 2.45) is 11.8 Å². The number of thiophene rings is 1. The van der Waals surface area contributed by atoms with E-state index in [0.717, 1.165) is 32.2 Å². The zero-order chi connectivity index (χ0) is 16.8. The molecule has 1 saturated heterocycles. The summed E-state index contributed by atoms with van der Waals surface area (Å²) in [5, 5.41) is 3.04. The Morgan fingerprint density at radius 2 is 2.09 bits per heavy atom. The number of carbonyl (C=O) groups excluding carboxylic acids is 2. The molecule has 1 fully saturated rings. The zero-order valence-corrected chi connectivity index (χ0v) is 15.2. The second-order valence-corrected chi connectivity index (χ2v) is 7.62. The SMILES string of the molecule is CCc1ccc(CNC(=O)[C@H]2CCCN(C(=O)[C@H](C)CC)C2)s1. The molecule has 0 unspecified atom stereocenters. The van der Waals surface area contributed by atoms with Gasteiger partial charge in [-0.2, -0.15) is 0 Å². The summed E-state index contributed by atoms with van der Waals surface area (Å²) in [5.74, 6) is 0.256. The van der Waals surface area contributed by atoms with E-state index in [-0.39, 0.29) is 23.7 Å². The van der Waals surface area contributed by atoms with Crippen LogP contribution in [-0.2, 0) is 22.6 Å². The molecule has 5 heteroatoms. The Labute approximate surface area is 143 Å². The van der Waals surface area contributed by atoms with Gasteiger partial charge in [0, 0.05) is 28.8 Å². The molecule has 4 nitrogen and oxygen atoms in total. The fourth-order valence-corrected chi connectivity index (χ4v) is 3.80. The van der Waals surface area contributed by atoms with Crippen molar-refractivity contribution in [1.29, 1.82) is 0 Å². The van der Waals surface area contributed by atoms with Gasteiger partial charge in [-0.25, -0.2) is 0 Å². The Kier molecular flexibility index (Phi) is 6.63. The lowest BCUT2D eigenvalue weighted by molar-refractivity contribution is -0.138. The normalized spacial score (nSPS) is 19.4.